The van der Waals surface area contributed by atoms with Crippen molar-refractivity contribution in [1.82, 2.24) is 15.2 Å². The van der Waals surface area contributed by atoms with Gasteiger partial charge in [-0.25, -0.2) is 4.79 Å². The molecule has 2 aromatic carbocycles. The predicted octanol–water partition coefficient (Wildman–Crippen LogP) is 4.80. The fourth-order valence-corrected chi connectivity index (χ4v) is 5.56. The third kappa shape index (κ3) is 6.81. The molecule has 1 heterocycles. The molecule has 0 bridgehead atoms. The lowest BCUT2D eigenvalue weighted by Crippen LogP contribution is -2.39. The molecule has 1 unspecified atom stereocenters. The van der Waals surface area contributed by atoms with Gasteiger partial charge >= 0.3 is 5.97 Å². The van der Waals surface area contributed by atoms with Gasteiger partial charge in [-0.2, -0.15) is 0 Å². The number of hydrogen-bond acceptors (Lipinski definition) is 6. The second kappa shape index (κ2) is 13.6. The van der Waals surface area contributed by atoms with E-state index in [1.807, 2.05) is 63.5 Å². The molecule has 39 heavy (non-hydrogen) atoms. The third-order valence-corrected chi connectivity index (χ3v) is 7.45. The molecule has 1 aromatic heterocycles. The number of likely N-dealkylation sites (N-methyl/N-ethyl adjacent to an activating group) is 1. The molecule has 8 nitrogen and oxygen atoms in total. The highest BCUT2D eigenvalue weighted by Gasteiger charge is 2.27. The zero-order chi connectivity index (χ0) is 27.8. The standard InChI is InChI=1S/C31H41N3O5/c1-21(19-38-17-16-32-2)33-28(35)20-39-27-13-9-8-12-25(27)30-29(22-10-6-5-7-11-22)24-15-14-23(31(36)37-4)18-26(24)34(30)3/h8-9,12-15,18,21-22,32H,5-7,10-11,16-17,19-20H2,1-4H3,(H,33,35). The van der Waals surface area contributed by atoms with Crippen molar-refractivity contribution in [3.63, 3.8) is 0 Å². The van der Waals surface area contributed by atoms with E-state index in [2.05, 4.69) is 15.2 Å². The summed E-state index contributed by atoms with van der Waals surface area (Å²) in [6.07, 6.45) is 5.93. The first-order chi connectivity index (χ1) is 18.9. The van der Waals surface area contributed by atoms with Crippen LogP contribution in [-0.4, -0.2) is 63.0 Å². The Bertz CT molecular complexity index is 1280. The van der Waals surface area contributed by atoms with Crippen molar-refractivity contribution in [2.24, 2.45) is 7.05 Å². The maximum absolute atomic E-state index is 12.7. The van der Waals surface area contributed by atoms with Crippen molar-refractivity contribution in [2.45, 2.75) is 51.0 Å². The van der Waals surface area contributed by atoms with Gasteiger partial charge in [0, 0.05) is 36.1 Å². The molecular weight excluding hydrogens is 494 g/mol. The van der Waals surface area contributed by atoms with Crippen molar-refractivity contribution < 1.29 is 23.8 Å². The lowest BCUT2D eigenvalue weighted by molar-refractivity contribution is -0.124. The Morgan fingerprint density at radius 1 is 1.10 bits per heavy atom. The number of aromatic nitrogens is 1. The number of hydrogen-bond donors (Lipinski definition) is 2. The number of amides is 1. The van der Waals surface area contributed by atoms with Gasteiger partial charge in [0.05, 0.1) is 31.6 Å². The molecule has 3 aromatic rings. The molecule has 1 aliphatic rings. The van der Waals surface area contributed by atoms with E-state index in [1.54, 1.807) is 0 Å². The molecular formula is C31H41N3O5. The van der Waals surface area contributed by atoms with Gasteiger partial charge < -0.3 is 29.4 Å². The van der Waals surface area contributed by atoms with Gasteiger partial charge in [0.1, 0.15) is 5.75 Å². The fraction of sp³-hybridized carbons (Fsp3) is 0.484. The number of aryl methyl sites for hydroxylation is 1. The lowest BCUT2D eigenvalue weighted by Gasteiger charge is -2.24. The Hall–Kier alpha value is -3.36. The van der Waals surface area contributed by atoms with E-state index in [-0.39, 0.29) is 24.5 Å². The van der Waals surface area contributed by atoms with Crippen molar-refractivity contribution in [2.75, 3.05) is 40.5 Å². The molecule has 2 N–H and O–H groups in total. The molecule has 210 valence electrons. The van der Waals surface area contributed by atoms with E-state index in [0.29, 0.717) is 30.4 Å². The van der Waals surface area contributed by atoms with E-state index >= 15 is 0 Å². The van der Waals surface area contributed by atoms with Crippen LogP contribution in [0.2, 0.25) is 0 Å². The number of esters is 1. The molecule has 0 radical (unpaired) electrons. The molecule has 1 fully saturated rings. The minimum atomic E-state index is -0.352. The number of benzene rings is 2. The Kier molecular flexibility index (Phi) is 10.0. The monoisotopic (exact) mass is 535 g/mol. The van der Waals surface area contributed by atoms with E-state index in [4.69, 9.17) is 14.2 Å². The van der Waals surface area contributed by atoms with Crippen molar-refractivity contribution >= 4 is 22.8 Å². The third-order valence-electron chi connectivity index (χ3n) is 7.45. The number of rotatable bonds is 12. The van der Waals surface area contributed by atoms with Crippen molar-refractivity contribution in [3.8, 4) is 17.0 Å². The van der Waals surface area contributed by atoms with Crippen LogP contribution < -0.4 is 15.4 Å². The Balaban J connectivity index is 1.63. The molecule has 8 heteroatoms. The predicted molar refractivity (Wildman–Crippen MR) is 153 cm³/mol. The number of methoxy groups -OCH3 is 1. The first kappa shape index (κ1) is 28.6. The second-order valence-corrected chi connectivity index (χ2v) is 10.3. The molecule has 0 aliphatic heterocycles. The van der Waals surface area contributed by atoms with Crippen molar-refractivity contribution in [3.05, 3.63) is 53.6 Å². The maximum Gasteiger partial charge on any atom is 0.337 e. The van der Waals surface area contributed by atoms with Gasteiger partial charge in [-0.3, -0.25) is 4.79 Å². The topological polar surface area (TPSA) is 90.8 Å². The van der Waals surface area contributed by atoms with E-state index in [0.717, 1.165) is 41.5 Å². The summed E-state index contributed by atoms with van der Waals surface area (Å²) in [5.41, 5.74) is 4.80. The second-order valence-electron chi connectivity index (χ2n) is 10.3. The number of nitrogens with one attached hydrogen (secondary N) is 2. The Morgan fingerprint density at radius 2 is 1.87 bits per heavy atom. The van der Waals surface area contributed by atoms with Gasteiger partial charge in [0.2, 0.25) is 0 Å². The minimum absolute atomic E-state index is 0.0902. The number of ether oxygens (including phenoxy) is 3. The van der Waals surface area contributed by atoms with Crippen LogP contribution in [0.25, 0.3) is 22.2 Å². The lowest BCUT2D eigenvalue weighted by atomic mass is 9.81. The summed E-state index contributed by atoms with van der Waals surface area (Å²) >= 11 is 0. The van der Waals surface area contributed by atoms with Gasteiger partial charge in [0.15, 0.2) is 6.61 Å². The highest BCUT2D eigenvalue weighted by atomic mass is 16.5. The molecule has 0 spiro atoms. The average Bonchev–Trinajstić information content (AvgIpc) is 3.25. The van der Waals surface area contributed by atoms with E-state index in [1.165, 1.54) is 31.9 Å². The van der Waals surface area contributed by atoms with Gasteiger partial charge in [-0.1, -0.05) is 37.5 Å². The molecule has 0 saturated heterocycles. The van der Waals surface area contributed by atoms with E-state index < -0.39 is 0 Å². The Morgan fingerprint density at radius 3 is 2.62 bits per heavy atom. The number of fused-ring (bicyclic) bond motifs is 1. The number of para-hydroxylation sites is 1. The minimum Gasteiger partial charge on any atom is -0.483 e. The van der Waals surface area contributed by atoms with Gasteiger partial charge in [-0.15, -0.1) is 0 Å². The molecule has 1 saturated carbocycles. The van der Waals surface area contributed by atoms with Crippen molar-refractivity contribution in [1.29, 1.82) is 0 Å². The molecule has 1 aliphatic carbocycles. The van der Waals surface area contributed by atoms with Crippen LogP contribution >= 0.6 is 0 Å². The van der Waals surface area contributed by atoms with Crippen LogP contribution in [0.3, 0.4) is 0 Å². The van der Waals surface area contributed by atoms with Crippen LogP contribution in [-0.2, 0) is 21.3 Å². The average molecular weight is 536 g/mol. The highest BCUT2D eigenvalue weighted by Crippen LogP contribution is 2.45. The summed E-state index contributed by atoms with van der Waals surface area (Å²) in [6.45, 7) is 3.63. The van der Waals surface area contributed by atoms with Crippen LogP contribution in [0.5, 0.6) is 5.75 Å². The smallest absolute Gasteiger partial charge is 0.337 e. The van der Waals surface area contributed by atoms with Gasteiger partial charge in [0.25, 0.3) is 5.91 Å². The summed E-state index contributed by atoms with van der Waals surface area (Å²) in [7, 11) is 5.31. The summed E-state index contributed by atoms with van der Waals surface area (Å²) in [6, 6.07) is 13.6. The summed E-state index contributed by atoms with van der Waals surface area (Å²) in [4.78, 5) is 25.0. The van der Waals surface area contributed by atoms with Gasteiger partial charge in [-0.05, 0) is 62.6 Å². The summed E-state index contributed by atoms with van der Waals surface area (Å²) in [5, 5.41) is 7.12. The number of carbonyl (C=O) groups excluding carboxylic acids is 2. The first-order valence-corrected chi connectivity index (χ1v) is 13.9. The highest BCUT2D eigenvalue weighted by molar-refractivity contribution is 5.99. The quantitative estimate of drug-likeness (QED) is 0.256. The zero-order valence-electron chi connectivity index (χ0n) is 23.5. The SMILES string of the molecule is CNCCOCC(C)NC(=O)COc1ccccc1-c1c(C2CCCCC2)c2ccc(C(=O)OC)cc2n1C. The van der Waals surface area contributed by atoms with Crippen LogP contribution in [0.15, 0.2) is 42.5 Å². The normalized spacial score (nSPS) is 14.8. The van der Waals surface area contributed by atoms with E-state index in [9.17, 15) is 9.59 Å². The van der Waals surface area contributed by atoms with Crippen LogP contribution in [0, 0.1) is 0 Å². The molecule has 4 rings (SSSR count). The zero-order valence-corrected chi connectivity index (χ0v) is 23.5. The first-order valence-electron chi connectivity index (χ1n) is 13.9. The molecule has 1 amide bonds. The number of carbonyl (C=O) groups is 2. The summed E-state index contributed by atoms with van der Waals surface area (Å²) < 4.78 is 18.8. The van der Waals surface area contributed by atoms with Crippen LogP contribution in [0.4, 0.5) is 0 Å². The largest absolute Gasteiger partial charge is 0.483 e. The molecule has 1 atom stereocenters. The fourth-order valence-electron chi connectivity index (χ4n) is 5.56. The van der Waals surface area contributed by atoms with Crippen LogP contribution in [0.1, 0.15) is 60.9 Å². The maximum atomic E-state index is 12.7. The Labute approximate surface area is 231 Å². The summed E-state index contributed by atoms with van der Waals surface area (Å²) in [5.74, 6) is 0.528. The number of nitrogens with zero attached hydrogens (tertiary/aromatic N) is 1.